The molecule has 1 amide bonds. The normalized spacial score (nSPS) is 13.1. The molecule has 27 heavy (non-hydrogen) atoms. The molecule has 0 fully saturated rings. The van der Waals surface area contributed by atoms with Crippen LogP contribution in [0.4, 0.5) is 5.69 Å². The van der Waals surface area contributed by atoms with Crippen molar-refractivity contribution < 1.29 is 9.90 Å². The minimum Gasteiger partial charge on any atom is -0.506 e. The van der Waals surface area contributed by atoms with Gasteiger partial charge in [0, 0.05) is 4.88 Å². The zero-order valence-corrected chi connectivity index (χ0v) is 16.4. The molecule has 140 valence electrons. The van der Waals surface area contributed by atoms with Gasteiger partial charge in [0.15, 0.2) is 0 Å². The number of phenols is 1. The molecule has 0 unspecified atom stereocenters. The number of carbonyl (C=O) groups is 1. The van der Waals surface area contributed by atoms with Gasteiger partial charge in [-0.05, 0) is 49.4 Å². The number of aromatic amines is 1. The van der Waals surface area contributed by atoms with Crippen molar-refractivity contribution in [2.75, 3.05) is 11.1 Å². The monoisotopic (exact) mass is 401 g/mol. The summed E-state index contributed by atoms with van der Waals surface area (Å²) in [6.07, 6.45) is 3.10. The summed E-state index contributed by atoms with van der Waals surface area (Å²) in [5, 5.41) is 13.3. The average Bonchev–Trinajstić information content (AvgIpc) is 3.18. The first-order valence-corrected chi connectivity index (χ1v) is 10.7. The Bertz CT molecular complexity index is 1090. The fraction of sp³-hybridized carbons (Fsp3) is 0.316. The molecule has 1 aliphatic rings. The molecule has 8 heteroatoms. The van der Waals surface area contributed by atoms with Crippen LogP contribution in [-0.2, 0) is 23.4 Å². The highest BCUT2D eigenvalue weighted by atomic mass is 32.2. The van der Waals surface area contributed by atoms with Gasteiger partial charge in [-0.2, -0.15) is 0 Å². The molecule has 3 N–H and O–H groups in total. The van der Waals surface area contributed by atoms with E-state index in [1.807, 2.05) is 13.0 Å². The Hall–Kier alpha value is -2.32. The number of carbonyl (C=O) groups excluding carboxylic acids is 1. The zero-order chi connectivity index (χ0) is 19.0. The number of aromatic nitrogens is 2. The smallest absolute Gasteiger partial charge is 0.259 e. The van der Waals surface area contributed by atoms with E-state index in [0.29, 0.717) is 17.3 Å². The van der Waals surface area contributed by atoms with E-state index in [1.54, 1.807) is 23.5 Å². The van der Waals surface area contributed by atoms with Crippen molar-refractivity contribution in [2.45, 2.75) is 31.9 Å². The van der Waals surface area contributed by atoms with Gasteiger partial charge >= 0.3 is 0 Å². The lowest BCUT2D eigenvalue weighted by Gasteiger charge is -2.08. The van der Waals surface area contributed by atoms with Gasteiger partial charge in [-0.25, -0.2) is 4.98 Å². The number of nitrogens with one attached hydrogen (secondary N) is 2. The summed E-state index contributed by atoms with van der Waals surface area (Å²) in [6, 6.07) is 5.10. The average molecular weight is 402 g/mol. The molecule has 1 aliphatic carbocycles. The van der Waals surface area contributed by atoms with E-state index in [4.69, 9.17) is 0 Å². The molecular weight excluding hydrogens is 382 g/mol. The van der Waals surface area contributed by atoms with E-state index in [1.165, 1.54) is 22.2 Å². The predicted octanol–water partition coefficient (Wildman–Crippen LogP) is 3.36. The van der Waals surface area contributed by atoms with E-state index in [9.17, 15) is 14.7 Å². The maximum atomic E-state index is 12.4. The van der Waals surface area contributed by atoms with Crippen LogP contribution in [0.15, 0.2) is 23.0 Å². The molecule has 2 aromatic heterocycles. The van der Waals surface area contributed by atoms with Crippen molar-refractivity contribution in [3.8, 4) is 5.75 Å². The number of hydrogen-bond acceptors (Lipinski definition) is 6. The second kappa shape index (κ2) is 7.36. The SMILES string of the molecule is Cc1ccc(NC(=O)CSCc2nc3sc4c(c3c(=O)[nH]2)CCC4)c(O)c1. The lowest BCUT2D eigenvalue weighted by molar-refractivity contribution is -0.113. The Balaban J connectivity index is 1.39. The number of aromatic hydroxyl groups is 1. The van der Waals surface area contributed by atoms with Gasteiger partial charge in [-0.1, -0.05) is 6.07 Å². The van der Waals surface area contributed by atoms with E-state index in [0.717, 1.165) is 35.0 Å². The first-order valence-electron chi connectivity index (χ1n) is 8.72. The minimum atomic E-state index is -0.210. The van der Waals surface area contributed by atoms with Crippen LogP contribution in [0, 0.1) is 6.92 Å². The predicted molar refractivity (Wildman–Crippen MR) is 110 cm³/mol. The van der Waals surface area contributed by atoms with Crippen LogP contribution >= 0.6 is 23.1 Å². The molecule has 6 nitrogen and oxygen atoms in total. The summed E-state index contributed by atoms with van der Waals surface area (Å²) in [5.41, 5.74) is 2.40. The Morgan fingerprint density at radius 3 is 3.07 bits per heavy atom. The van der Waals surface area contributed by atoms with Crippen molar-refractivity contribution in [3.05, 3.63) is 50.4 Å². The highest BCUT2D eigenvalue weighted by Crippen LogP contribution is 2.34. The first-order chi connectivity index (χ1) is 13.0. The second-order valence-corrected chi connectivity index (χ2v) is 8.68. The third-order valence-corrected chi connectivity index (χ3v) is 6.65. The molecule has 0 bridgehead atoms. The summed E-state index contributed by atoms with van der Waals surface area (Å²) in [7, 11) is 0. The molecule has 4 rings (SSSR count). The van der Waals surface area contributed by atoms with Crippen LogP contribution in [-0.4, -0.2) is 26.7 Å². The lowest BCUT2D eigenvalue weighted by atomic mass is 10.2. The quantitative estimate of drug-likeness (QED) is 0.570. The number of fused-ring (bicyclic) bond motifs is 3. The van der Waals surface area contributed by atoms with Crippen LogP contribution in [0.2, 0.25) is 0 Å². The Labute approximate surface area is 164 Å². The van der Waals surface area contributed by atoms with Gasteiger partial charge in [0.1, 0.15) is 16.4 Å². The maximum absolute atomic E-state index is 12.4. The number of hydrogen-bond donors (Lipinski definition) is 3. The molecule has 0 aliphatic heterocycles. The van der Waals surface area contributed by atoms with Gasteiger partial charge in [0.25, 0.3) is 5.56 Å². The van der Waals surface area contributed by atoms with Crippen LogP contribution in [0.5, 0.6) is 5.75 Å². The van der Waals surface area contributed by atoms with Gasteiger partial charge < -0.3 is 15.4 Å². The zero-order valence-electron chi connectivity index (χ0n) is 14.8. The molecule has 0 atom stereocenters. The fourth-order valence-electron chi connectivity index (χ4n) is 3.29. The van der Waals surface area contributed by atoms with Crippen LogP contribution in [0.1, 0.15) is 28.2 Å². The van der Waals surface area contributed by atoms with Crippen molar-refractivity contribution in [1.82, 2.24) is 9.97 Å². The number of aryl methyl sites for hydroxylation is 3. The number of thiophene rings is 1. The number of rotatable bonds is 5. The number of amides is 1. The highest BCUT2D eigenvalue weighted by molar-refractivity contribution is 7.99. The topological polar surface area (TPSA) is 95.1 Å². The molecular formula is C19H19N3O3S2. The standard InChI is InChI=1S/C19H19N3O3S2/c1-10-5-6-12(13(23)7-10)20-16(24)9-26-8-15-21-18(25)17-11-3-2-4-14(11)27-19(17)22-15/h5-7,23H,2-4,8-9H2,1H3,(H,20,24)(H,21,22,25). The summed E-state index contributed by atoms with van der Waals surface area (Å²) in [6.45, 7) is 1.87. The summed E-state index contributed by atoms with van der Waals surface area (Å²) in [5.74, 6) is 1.08. The molecule has 2 heterocycles. The van der Waals surface area contributed by atoms with Crippen LogP contribution in [0.3, 0.4) is 0 Å². The van der Waals surface area contributed by atoms with Crippen molar-refractivity contribution in [1.29, 1.82) is 0 Å². The van der Waals surface area contributed by atoms with E-state index < -0.39 is 0 Å². The fourth-order valence-corrected chi connectivity index (χ4v) is 5.26. The summed E-state index contributed by atoms with van der Waals surface area (Å²) in [4.78, 5) is 34.0. The molecule has 0 saturated heterocycles. The minimum absolute atomic E-state index is 0.0514. The second-order valence-electron chi connectivity index (χ2n) is 6.61. The first kappa shape index (κ1) is 18.1. The van der Waals surface area contributed by atoms with Crippen molar-refractivity contribution in [3.63, 3.8) is 0 Å². The summed E-state index contributed by atoms with van der Waals surface area (Å²) < 4.78 is 0. The Morgan fingerprint density at radius 2 is 2.26 bits per heavy atom. The summed E-state index contributed by atoms with van der Waals surface area (Å²) >= 11 is 2.98. The van der Waals surface area contributed by atoms with Gasteiger partial charge in [-0.15, -0.1) is 23.1 Å². The van der Waals surface area contributed by atoms with Gasteiger partial charge in [-0.3, -0.25) is 9.59 Å². The molecule has 0 radical (unpaired) electrons. The van der Waals surface area contributed by atoms with Gasteiger partial charge in [0.05, 0.1) is 22.6 Å². The Kier molecular flexibility index (Phi) is 4.92. The largest absolute Gasteiger partial charge is 0.506 e. The Morgan fingerprint density at radius 1 is 1.41 bits per heavy atom. The van der Waals surface area contributed by atoms with Crippen LogP contribution in [0.25, 0.3) is 10.2 Å². The molecule has 0 spiro atoms. The number of thioether (sulfide) groups is 1. The highest BCUT2D eigenvalue weighted by Gasteiger charge is 2.21. The number of benzene rings is 1. The van der Waals surface area contributed by atoms with Gasteiger partial charge in [0.2, 0.25) is 5.91 Å². The van der Waals surface area contributed by atoms with Crippen molar-refractivity contribution >= 4 is 44.9 Å². The van der Waals surface area contributed by atoms with E-state index in [-0.39, 0.29) is 23.0 Å². The molecule has 0 saturated carbocycles. The number of anilines is 1. The van der Waals surface area contributed by atoms with Crippen LogP contribution < -0.4 is 10.9 Å². The molecule has 3 aromatic rings. The third-order valence-electron chi connectivity index (χ3n) is 4.52. The maximum Gasteiger partial charge on any atom is 0.259 e. The number of phenolic OH excluding ortho intramolecular Hbond substituents is 1. The molecule has 1 aromatic carbocycles. The van der Waals surface area contributed by atoms with E-state index in [2.05, 4.69) is 15.3 Å². The number of nitrogens with zero attached hydrogens (tertiary/aromatic N) is 1. The van der Waals surface area contributed by atoms with Crippen molar-refractivity contribution in [2.24, 2.45) is 0 Å². The lowest BCUT2D eigenvalue weighted by Crippen LogP contribution is -2.15. The van der Waals surface area contributed by atoms with E-state index >= 15 is 0 Å². The third kappa shape index (κ3) is 3.72. The number of H-pyrrole nitrogens is 1.